The number of nitrogens with one attached hydrogen (secondary N) is 2. The fraction of sp³-hybridized carbons (Fsp3) is 0.455. The van der Waals surface area contributed by atoms with Crippen molar-refractivity contribution in [3.8, 4) is 5.75 Å². The van der Waals surface area contributed by atoms with Crippen molar-refractivity contribution in [2.45, 2.75) is 17.9 Å². The highest BCUT2D eigenvalue weighted by Gasteiger charge is 2.27. The first-order chi connectivity index (χ1) is 8.53. The Hall–Kier alpha value is -0.630. The van der Waals surface area contributed by atoms with Crippen LogP contribution in [0.25, 0.3) is 0 Å². The third-order valence-corrected chi connectivity index (χ3v) is 4.63. The summed E-state index contributed by atoms with van der Waals surface area (Å²) in [4.78, 5) is 0.172. The molecule has 0 aliphatic carbocycles. The molecule has 0 amide bonds. The third kappa shape index (κ3) is 3.03. The minimum Gasteiger partial charge on any atom is -0.492 e. The monoisotopic (exact) mass is 334 g/mol. The maximum absolute atomic E-state index is 12.2. The quantitative estimate of drug-likeness (QED) is 0.846. The van der Waals surface area contributed by atoms with E-state index in [1.54, 1.807) is 18.2 Å². The van der Waals surface area contributed by atoms with Crippen molar-refractivity contribution >= 4 is 26.0 Å². The lowest BCUT2D eigenvalue weighted by Gasteiger charge is -2.28. The summed E-state index contributed by atoms with van der Waals surface area (Å²) in [5.41, 5.74) is 0. The van der Waals surface area contributed by atoms with Crippen molar-refractivity contribution in [2.75, 3.05) is 19.7 Å². The van der Waals surface area contributed by atoms with Gasteiger partial charge in [0.2, 0.25) is 10.0 Å². The van der Waals surface area contributed by atoms with E-state index in [-0.39, 0.29) is 10.9 Å². The van der Waals surface area contributed by atoms with E-state index in [0.717, 1.165) is 0 Å². The summed E-state index contributed by atoms with van der Waals surface area (Å²) in [6.45, 7) is 3.57. The van der Waals surface area contributed by atoms with Gasteiger partial charge >= 0.3 is 0 Å². The molecule has 0 atom stereocenters. The van der Waals surface area contributed by atoms with Gasteiger partial charge in [-0.25, -0.2) is 13.1 Å². The van der Waals surface area contributed by atoms with E-state index < -0.39 is 10.0 Å². The van der Waals surface area contributed by atoms with E-state index in [1.807, 2.05) is 6.92 Å². The zero-order valence-corrected chi connectivity index (χ0v) is 12.3. The Morgan fingerprint density at radius 2 is 2.22 bits per heavy atom. The number of rotatable bonds is 5. The smallest absolute Gasteiger partial charge is 0.244 e. The highest BCUT2D eigenvalue weighted by molar-refractivity contribution is 9.10. The molecule has 1 aromatic carbocycles. The Bertz CT molecular complexity index is 529. The van der Waals surface area contributed by atoms with E-state index in [0.29, 0.717) is 29.9 Å². The van der Waals surface area contributed by atoms with Crippen LogP contribution in [0.4, 0.5) is 0 Å². The van der Waals surface area contributed by atoms with E-state index in [1.165, 1.54) is 0 Å². The lowest BCUT2D eigenvalue weighted by Crippen LogP contribution is -2.56. The van der Waals surface area contributed by atoms with Crippen LogP contribution in [0.15, 0.2) is 27.6 Å². The summed E-state index contributed by atoms with van der Waals surface area (Å²) in [5, 5.41) is 3.02. The lowest BCUT2D eigenvalue weighted by molar-refractivity contribution is 0.330. The van der Waals surface area contributed by atoms with E-state index >= 15 is 0 Å². The minimum atomic E-state index is -3.54. The molecule has 1 aliphatic rings. The van der Waals surface area contributed by atoms with Gasteiger partial charge in [-0.3, -0.25) is 0 Å². The van der Waals surface area contributed by atoms with Crippen molar-refractivity contribution in [2.24, 2.45) is 0 Å². The van der Waals surface area contributed by atoms with Crippen LogP contribution in [0.5, 0.6) is 5.75 Å². The predicted octanol–water partition coefficient (Wildman–Crippen LogP) is 1.10. The van der Waals surface area contributed by atoms with Crippen LogP contribution in [0, 0.1) is 0 Å². The van der Waals surface area contributed by atoms with Crippen LogP contribution in [0.1, 0.15) is 6.92 Å². The van der Waals surface area contributed by atoms with Gasteiger partial charge in [0.1, 0.15) is 10.6 Å². The van der Waals surface area contributed by atoms with Crippen LogP contribution in [0.2, 0.25) is 0 Å². The summed E-state index contributed by atoms with van der Waals surface area (Å²) < 4.78 is 33.2. The molecule has 0 saturated carbocycles. The molecule has 100 valence electrons. The van der Waals surface area contributed by atoms with Crippen LogP contribution in [0.3, 0.4) is 0 Å². The average Bonchev–Trinajstić information content (AvgIpc) is 2.27. The Balaban J connectivity index is 2.31. The Morgan fingerprint density at radius 3 is 2.78 bits per heavy atom. The van der Waals surface area contributed by atoms with Crippen molar-refractivity contribution in [3.05, 3.63) is 22.7 Å². The fourth-order valence-corrected chi connectivity index (χ4v) is 3.54. The number of sulfonamides is 1. The summed E-state index contributed by atoms with van der Waals surface area (Å²) in [7, 11) is -3.54. The molecule has 0 radical (unpaired) electrons. The van der Waals surface area contributed by atoms with Gasteiger partial charge in [-0.05, 0) is 25.1 Å². The molecule has 5 nitrogen and oxygen atoms in total. The zero-order valence-electron chi connectivity index (χ0n) is 9.94. The second-order valence-corrected chi connectivity index (χ2v) is 6.60. The standard InChI is InChI=1S/C11H15BrN2O3S/c1-2-17-10-4-3-8(12)5-11(10)18(15,16)14-9-6-13-7-9/h3-5,9,13-14H,2,6-7H2,1H3. The second kappa shape index (κ2) is 5.56. The first-order valence-corrected chi connectivity index (χ1v) is 7.96. The Labute approximate surface area is 115 Å². The highest BCUT2D eigenvalue weighted by Crippen LogP contribution is 2.27. The normalized spacial score (nSPS) is 16.3. The average molecular weight is 335 g/mol. The van der Waals surface area contributed by atoms with Crippen LogP contribution in [-0.2, 0) is 10.0 Å². The molecule has 1 aromatic rings. The van der Waals surface area contributed by atoms with Crippen LogP contribution in [-0.4, -0.2) is 34.2 Å². The molecule has 1 heterocycles. The highest BCUT2D eigenvalue weighted by atomic mass is 79.9. The van der Waals surface area contributed by atoms with Gasteiger partial charge in [0, 0.05) is 23.6 Å². The molecule has 2 rings (SSSR count). The van der Waals surface area contributed by atoms with E-state index in [2.05, 4.69) is 26.0 Å². The van der Waals surface area contributed by atoms with Crippen LogP contribution < -0.4 is 14.8 Å². The first-order valence-electron chi connectivity index (χ1n) is 5.68. The molecule has 1 fully saturated rings. The summed E-state index contributed by atoms with van der Waals surface area (Å²) in [6, 6.07) is 4.93. The maximum atomic E-state index is 12.2. The molecule has 2 N–H and O–H groups in total. The molecule has 1 aliphatic heterocycles. The zero-order chi connectivity index (χ0) is 13.2. The van der Waals surface area contributed by atoms with Gasteiger partial charge in [-0.15, -0.1) is 0 Å². The Kier molecular flexibility index (Phi) is 4.26. The third-order valence-electron chi connectivity index (χ3n) is 2.60. The summed E-state index contributed by atoms with van der Waals surface area (Å²) >= 11 is 3.28. The Morgan fingerprint density at radius 1 is 1.50 bits per heavy atom. The van der Waals surface area contributed by atoms with E-state index in [4.69, 9.17) is 4.74 Å². The van der Waals surface area contributed by atoms with Crippen molar-refractivity contribution in [1.29, 1.82) is 0 Å². The molecule has 7 heteroatoms. The van der Waals surface area contributed by atoms with Gasteiger partial charge < -0.3 is 10.1 Å². The molecule has 0 aromatic heterocycles. The number of hydrogen-bond acceptors (Lipinski definition) is 4. The van der Waals surface area contributed by atoms with Crippen LogP contribution >= 0.6 is 15.9 Å². The first kappa shape index (κ1) is 13.8. The fourth-order valence-electron chi connectivity index (χ4n) is 1.62. The molecular weight excluding hydrogens is 320 g/mol. The van der Waals surface area contributed by atoms with Gasteiger partial charge in [0.25, 0.3) is 0 Å². The molecule has 0 bridgehead atoms. The maximum Gasteiger partial charge on any atom is 0.244 e. The number of benzene rings is 1. The van der Waals surface area contributed by atoms with Gasteiger partial charge in [-0.2, -0.15) is 0 Å². The van der Waals surface area contributed by atoms with Gasteiger partial charge in [-0.1, -0.05) is 15.9 Å². The molecule has 0 spiro atoms. The lowest BCUT2D eigenvalue weighted by atomic mass is 10.2. The minimum absolute atomic E-state index is 0.0385. The SMILES string of the molecule is CCOc1ccc(Br)cc1S(=O)(=O)NC1CNC1. The topological polar surface area (TPSA) is 67.4 Å². The number of halogens is 1. The second-order valence-electron chi connectivity index (χ2n) is 4.00. The number of hydrogen-bond donors (Lipinski definition) is 2. The largest absolute Gasteiger partial charge is 0.492 e. The summed E-state index contributed by atoms with van der Waals surface area (Å²) in [5.74, 6) is 0.375. The van der Waals surface area contributed by atoms with Crippen molar-refractivity contribution in [3.63, 3.8) is 0 Å². The summed E-state index contributed by atoms with van der Waals surface area (Å²) in [6.07, 6.45) is 0. The van der Waals surface area contributed by atoms with Crippen molar-refractivity contribution in [1.82, 2.24) is 10.0 Å². The number of ether oxygens (including phenoxy) is 1. The van der Waals surface area contributed by atoms with E-state index in [9.17, 15) is 8.42 Å². The van der Waals surface area contributed by atoms with Gasteiger partial charge in [0.15, 0.2) is 0 Å². The molecular formula is C11H15BrN2O3S. The molecule has 18 heavy (non-hydrogen) atoms. The van der Waals surface area contributed by atoms with Gasteiger partial charge in [0.05, 0.1) is 6.61 Å². The molecule has 1 saturated heterocycles. The predicted molar refractivity (Wildman–Crippen MR) is 72.3 cm³/mol. The molecule has 0 unspecified atom stereocenters. The van der Waals surface area contributed by atoms with Crippen molar-refractivity contribution < 1.29 is 13.2 Å².